The van der Waals surface area contributed by atoms with Crippen molar-refractivity contribution in [1.82, 2.24) is 10.0 Å². The summed E-state index contributed by atoms with van der Waals surface area (Å²) < 4.78 is 32.5. The lowest BCUT2D eigenvalue weighted by Gasteiger charge is -2.14. The average molecular weight is 337 g/mol. The van der Waals surface area contributed by atoms with Gasteiger partial charge >= 0.3 is 0 Å². The molecule has 0 aliphatic heterocycles. The summed E-state index contributed by atoms with van der Waals surface area (Å²) in [6, 6.07) is 3.54. The first-order valence-electron chi connectivity index (χ1n) is 6.78. The predicted octanol–water partition coefficient (Wildman–Crippen LogP) is 2.01. The molecule has 1 aromatic rings. The van der Waals surface area contributed by atoms with E-state index < -0.39 is 10.0 Å². The summed E-state index contributed by atoms with van der Waals surface area (Å²) in [4.78, 5) is 0.202. The first kappa shape index (κ1) is 20.2. The number of benzene rings is 1. The highest BCUT2D eigenvalue weighted by molar-refractivity contribution is 7.89. The molecule has 1 rings (SSSR count). The van der Waals surface area contributed by atoms with Crippen LogP contribution in [0.1, 0.15) is 24.5 Å². The summed E-state index contributed by atoms with van der Waals surface area (Å²) in [5.74, 6) is 0.407. The average Bonchev–Trinajstić information content (AvgIpc) is 2.37. The van der Waals surface area contributed by atoms with Gasteiger partial charge in [-0.05, 0) is 44.0 Å². The van der Waals surface area contributed by atoms with E-state index in [1.54, 1.807) is 6.07 Å². The Labute approximate surface area is 133 Å². The van der Waals surface area contributed by atoms with Gasteiger partial charge in [-0.1, -0.05) is 13.0 Å². The van der Waals surface area contributed by atoms with Crippen LogP contribution in [0.3, 0.4) is 0 Å². The minimum absolute atomic E-state index is 0. The highest BCUT2D eigenvalue weighted by Crippen LogP contribution is 2.28. The van der Waals surface area contributed by atoms with Crippen LogP contribution in [0.25, 0.3) is 0 Å². The number of nitrogens with one attached hydrogen (secondary N) is 2. The van der Waals surface area contributed by atoms with Gasteiger partial charge in [0.1, 0.15) is 10.6 Å². The van der Waals surface area contributed by atoms with Crippen molar-refractivity contribution in [3.8, 4) is 5.75 Å². The zero-order valence-electron chi connectivity index (χ0n) is 13.0. The molecule has 0 radical (unpaired) electrons. The summed E-state index contributed by atoms with van der Waals surface area (Å²) in [7, 11) is -2.06. The van der Waals surface area contributed by atoms with Crippen molar-refractivity contribution >= 4 is 22.4 Å². The number of hydrogen-bond donors (Lipinski definition) is 2. The van der Waals surface area contributed by atoms with Crippen molar-refractivity contribution in [2.45, 2.75) is 32.1 Å². The number of aryl methyl sites for hydroxylation is 2. The maximum Gasteiger partial charge on any atom is 0.244 e. The zero-order chi connectivity index (χ0) is 15.2. The molecule has 21 heavy (non-hydrogen) atoms. The summed E-state index contributed by atoms with van der Waals surface area (Å²) in [6.07, 6.45) is 1.03. The second-order valence-electron chi connectivity index (χ2n) is 4.76. The molecule has 0 unspecified atom stereocenters. The molecule has 0 aromatic heterocycles. The molecule has 1 aromatic carbocycles. The van der Waals surface area contributed by atoms with Crippen molar-refractivity contribution in [3.63, 3.8) is 0 Å². The molecule has 7 heteroatoms. The van der Waals surface area contributed by atoms with Crippen molar-refractivity contribution in [2.24, 2.45) is 0 Å². The Bertz CT molecular complexity index is 547. The molecule has 0 aliphatic carbocycles. The highest BCUT2D eigenvalue weighted by atomic mass is 35.5. The standard InChI is InChI=1S/C14H24N2O3S.ClH/c1-5-6-15-7-8-16-20(17,18)13-10-11(2)9-12(3)14(13)19-4;/h9-10,15-16H,5-8H2,1-4H3;1H. The molecule has 0 saturated carbocycles. The molecule has 122 valence electrons. The van der Waals surface area contributed by atoms with E-state index in [0.717, 1.165) is 24.1 Å². The predicted molar refractivity (Wildman–Crippen MR) is 88.1 cm³/mol. The van der Waals surface area contributed by atoms with Gasteiger partial charge in [-0.3, -0.25) is 0 Å². The fraction of sp³-hybridized carbons (Fsp3) is 0.571. The molecule has 0 amide bonds. The maximum absolute atomic E-state index is 12.3. The monoisotopic (exact) mass is 336 g/mol. The van der Waals surface area contributed by atoms with Gasteiger partial charge in [0, 0.05) is 13.1 Å². The molecule has 2 N–H and O–H groups in total. The Kier molecular flexibility index (Phi) is 8.89. The summed E-state index contributed by atoms with van der Waals surface area (Å²) in [6.45, 7) is 7.63. The van der Waals surface area contributed by atoms with E-state index in [9.17, 15) is 8.42 Å². The Morgan fingerprint density at radius 1 is 1.14 bits per heavy atom. The fourth-order valence-electron chi connectivity index (χ4n) is 2.03. The second-order valence-corrected chi connectivity index (χ2v) is 6.50. The Hall–Kier alpha value is -0.820. The Balaban J connectivity index is 0.00000400. The van der Waals surface area contributed by atoms with E-state index >= 15 is 0 Å². The van der Waals surface area contributed by atoms with E-state index in [4.69, 9.17) is 4.74 Å². The van der Waals surface area contributed by atoms with E-state index in [2.05, 4.69) is 17.0 Å². The SMILES string of the molecule is CCCNCCNS(=O)(=O)c1cc(C)cc(C)c1OC.Cl. The summed E-state index contributed by atoms with van der Waals surface area (Å²) in [5, 5.41) is 3.15. The van der Waals surface area contributed by atoms with Gasteiger partial charge in [0.2, 0.25) is 10.0 Å². The lowest BCUT2D eigenvalue weighted by molar-refractivity contribution is 0.399. The van der Waals surface area contributed by atoms with Crippen molar-refractivity contribution in [2.75, 3.05) is 26.7 Å². The first-order chi connectivity index (χ1) is 9.42. The zero-order valence-corrected chi connectivity index (χ0v) is 14.7. The largest absolute Gasteiger partial charge is 0.495 e. The molecule has 0 aliphatic rings. The van der Waals surface area contributed by atoms with Crippen LogP contribution >= 0.6 is 12.4 Å². The van der Waals surface area contributed by atoms with E-state index in [-0.39, 0.29) is 17.3 Å². The molecule has 5 nitrogen and oxygen atoms in total. The van der Waals surface area contributed by atoms with Gasteiger partial charge in [-0.2, -0.15) is 0 Å². The molecule has 0 fully saturated rings. The molecule has 0 heterocycles. The van der Waals surface area contributed by atoms with Crippen LogP contribution in [-0.4, -0.2) is 35.2 Å². The smallest absolute Gasteiger partial charge is 0.244 e. The quantitative estimate of drug-likeness (QED) is 0.713. The van der Waals surface area contributed by atoms with Crippen molar-refractivity contribution in [3.05, 3.63) is 23.3 Å². The van der Waals surface area contributed by atoms with Crippen LogP contribution in [0.5, 0.6) is 5.75 Å². The van der Waals surface area contributed by atoms with Crippen LogP contribution in [0.2, 0.25) is 0 Å². The third kappa shape index (κ3) is 5.82. The minimum atomic E-state index is -3.55. The van der Waals surface area contributed by atoms with Gasteiger partial charge in [0.25, 0.3) is 0 Å². The minimum Gasteiger partial charge on any atom is -0.495 e. The molecule has 0 spiro atoms. The van der Waals surface area contributed by atoms with Crippen LogP contribution in [0.15, 0.2) is 17.0 Å². The fourth-order valence-corrected chi connectivity index (χ4v) is 3.39. The van der Waals surface area contributed by atoms with Crippen molar-refractivity contribution in [1.29, 1.82) is 0 Å². The Morgan fingerprint density at radius 2 is 1.81 bits per heavy atom. The number of ether oxygens (including phenoxy) is 1. The van der Waals surface area contributed by atoms with Gasteiger partial charge in [0.05, 0.1) is 7.11 Å². The third-order valence-corrected chi connectivity index (χ3v) is 4.37. The van der Waals surface area contributed by atoms with Crippen molar-refractivity contribution < 1.29 is 13.2 Å². The van der Waals surface area contributed by atoms with Crippen LogP contribution < -0.4 is 14.8 Å². The van der Waals surface area contributed by atoms with Gasteiger partial charge in [-0.25, -0.2) is 13.1 Å². The van der Waals surface area contributed by atoms with Gasteiger partial charge < -0.3 is 10.1 Å². The number of halogens is 1. The number of sulfonamides is 1. The van der Waals surface area contributed by atoms with E-state index in [1.165, 1.54) is 7.11 Å². The molecule has 0 bridgehead atoms. The number of rotatable bonds is 8. The maximum atomic E-state index is 12.3. The van der Waals surface area contributed by atoms with Crippen LogP contribution in [0.4, 0.5) is 0 Å². The molecule has 0 atom stereocenters. The van der Waals surface area contributed by atoms with Gasteiger partial charge in [0.15, 0.2) is 0 Å². The van der Waals surface area contributed by atoms with Crippen LogP contribution in [0, 0.1) is 13.8 Å². The lowest BCUT2D eigenvalue weighted by atomic mass is 10.1. The topological polar surface area (TPSA) is 67.4 Å². The molecule has 0 saturated heterocycles. The second kappa shape index (κ2) is 9.25. The lowest BCUT2D eigenvalue weighted by Crippen LogP contribution is -2.32. The molecular formula is C14H25ClN2O3S. The van der Waals surface area contributed by atoms with Gasteiger partial charge in [-0.15, -0.1) is 12.4 Å². The molecular weight excluding hydrogens is 312 g/mol. The highest BCUT2D eigenvalue weighted by Gasteiger charge is 2.20. The first-order valence-corrected chi connectivity index (χ1v) is 8.26. The number of methoxy groups -OCH3 is 1. The number of hydrogen-bond acceptors (Lipinski definition) is 4. The van der Waals surface area contributed by atoms with E-state index in [1.807, 2.05) is 19.9 Å². The van der Waals surface area contributed by atoms with E-state index in [0.29, 0.717) is 18.8 Å². The Morgan fingerprint density at radius 3 is 2.38 bits per heavy atom. The normalized spacial score (nSPS) is 11.0. The third-order valence-electron chi connectivity index (χ3n) is 2.90. The summed E-state index contributed by atoms with van der Waals surface area (Å²) >= 11 is 0. The summed E-state index contributed by atoms with van der Waals surface area (Å²) in [5.41, 5.74) is 1.71. The van der Waals surface area contributed by atoms with Crippen LogP contribution in [-0.2, 0) is 10.0 Å².